The molecular formula is C16H17NO5S. The Kier molecular flexibility index (Phi) is 3.89. The fourth-order valence-electron chi connectivity index (χ4n) is 2.72. The zero-order chi connectivity index (χ0) is 16.6. The van der Waals surface area contributed by atoms with Gasteiger partial charge in [-0.05, 0) is 24.6 Å². The third-order valence-corrected chi connectivity index (χ3v) is 4.75. The summed E-state index contributed by atoms with van der Waals surface area (Å²) in [7, 11) is -3.63. The van der Waals surface area contributed by atoms with Gasteiger partial charge in [0.25, 0.3) is 0 Å². The molecule has 0 unspecified atom stereocenters. The van der Waals surface area contributed by atoms with Crippen molar-refractivity contribution in [2.24, 2.45) is 0 Å². The summed E-state index contributed by atoms with van der Waals surface area (Å²) >= 11 is 0. The first kappa shape index (κ1) is 15.6. The molecule has 0 aromatic heterocycles. The fraction of sp³-hybridized carbons (Fsp3) is 0.312. The molecule has 0 fully saturated rings. The van der Waals surface area contributed by atoms with Gasteiger partial charge in [-0.1, -0.05) is 18.2 Å². The van der Waals surface area contributed by atoms with E-state index in [1.165, 1.54) is 6.20 Å². The Labute approximate surface area is 135 Å². The average Bonchev–Trinajstić information content (AvgIpc) is 2.53. The topological polar surface area (TPSA) is 72.9 Å². The van der Waals surface area contributed by atoms with Crippen LogP contribution >= 0.6 is 0 Å². The Morgan fingerprint density at radius 1 is 1.39 bits per heavy atom. The molecule has 0 saturated carbocycles. The highest BCUT2D eigenvalue weighted by atomic mass is 32.2. The third kappa shape index (κ3) is 2.84. The number of rotatable bonds is 3. The zero-order valence-corrected chi connectivity index (χ0v) is 13.7. The normalized spacial score (nSPS) is 19.7. The van der Waals surface area contributed by atoms with Gasteiger partial charge in [-0.2, -0.15) is 0 Å². The molecule has 2 aliphatic heterocycles. The first-order valence-corrected chi connectivity index (χ1v) is 9.07. The summed E-state index contributed by atoms with van der Waals surface area (Å²) in [4.78, 5) is 12.2. The van der Waals surface area contributed by atoms with E-state index in [-0.39, 0.29) is 24.8 Å². The first-order chi connectivity index (χ1) is 10.9. The number of carbonyl (C=O) groups excluding carboxylic acids is 1. The van der Waals surface area contributed by atoms with Crippen LogP contribution in [-0.4, -0.2) is 38.2 Å². The van der Waals surface area contributed by atoms with E-state index in [0.29, 0.717) is 0 Å². The molecule has 0 spiro atoms. The number of hydrogen-bond acceptors (Lipinski definition) is 5. The molecule has 122 valence electrons. The summed E-state index contributed by atoms with van der Waals surface area (Å²) in [6, 6.07) is 7.51. The van der Waals surface area contributed by atoms with Gasteiger partial charge in [-0.3, -0.25) is 0 Å². The zero-order valence-electron chi connectivity index (χ0n) is 12.9. The van der Waals surface area contributed by atoms with Crippen LogP contribution in [0.1, 0.15) is 18.4 Å². The predicted molar refractivity (Wildman–Crippen MR) is 84.2 cm³/mol. The summed E-state index contributed by atoms with van der Waals surface area (Å²) < 4.78 is 35.7. The quantitative estimate of drug-likeness (QED) is 0.787. The number of hydrogen-bond donors (Lipinski definition) is 0. The van der Waals surface area contributed by atoms with E-state index in [1.54, 1.807) is 13.0 Å². The Bertz CT molecular complexity index is 810. The minimum atomic E-state index is -3.63. The van der Waals surface area contributed by atoms with Gasteiger partial charge in [-0.15, -0.1) is 0 Å². The number of para-hydroxylation sites is 1. The summed E-state index contributed by atoms with van der Waals surface area (Å²) in [5.41, 5.74) is 1.70. The Balaban J connectivity index is 2.10. The minimum Gasteiger partial charge on any atom is -0.489 e. The third-order valence-electron chi connectivity index (χ3n) is 3.73. The van der Waals surface area contributed by atoms with E-state index in [0.717, 1.165) is 27.4 Å². The molecule has 0 bridgehead atoms. The smallest absolute Gasteiger partial charge is 0.355 e. The highest BCUT2D eigenvalue weighted by Gasteiger charge is 2.35. The van der Waals surface area contributed by atoms with Crippen LogP contribution < -0.4 is 4.74 Å². The second-order valence-corrected chi connectivity index (χ2v) is 7.20. The van der Waals surface area contributed by atoms with Crippen molar-refractivity contribution in [1.29, 1.82) is 0 Å². The average molecular weight is 335 g/mol. The van der Waals surface area contributed by atoms with Gasteiger partial charge in [0.15, 0.2) is 0 Å². The number of nitrogens with zero attached hydrogens (tertiary/aromatic N) is 1. The van der Waals surface area contributed by atoms with Crippen molar-refractivity contribution in [1.82, 2.24) is 4.31 Å². The van der Waals surface area contributed by atoms with Gasteiger partial charge in [0, 0.05) is 17.7 Å². The molecular weight excluding hydrogens is 318 g/mol. The van der Waals surface area contributed by atoms with Crippen LogP contribution in [0.15, 0.2) is 47.8 Å². The predicted octanol–water partition coefficient (Wildman–Crippen LogP) is 1.77. The summed E-state index contributed by atoms with van der Waals surface area (Å²) in [5.74, 6) is -0.114. The largest absolute Gasteiger partial charge is 0.489 e. The van der Waals surface area contributed by atoms with Gasteiger partial charge in [0.05, 0.1) is 12.9 Å². The molecule has 2 heterocycles. The molecule has 1 aromatic carbocycles. The lowest BCUT2D eigenvalue weighted by Gasteiger charge is -2.33. The Morgan fingerprint density at radius 2 is 2.13 bits per heavy atom. The molecule has 7 heteroatoms. The molecule has 1 atom stereocenters. The molecule has 23 heavy (non-hydrogen) atoms. The fourth-order valence-corrected chi connectivity index (χ4v) is 3.54. The summed E-state index contributed by atoms with van der Waals surface area (Å²) in [6.45, 7) is 2.13. The number of esters is 1. The summed E-state index contributed by atoms with van der Waals surface area (Å²) in [5, 5.41) is 0. The number of ether oxygens (including phenoxy) is 2. The lowest BCUT2D eigenvalue weighted by atomic mass is 9.87. The monoisotopic (exact) mass is 335 g/mol. The molecule has 0 saturated heterocycles. The summed E-state index contributed by atoms with van der Waals surface area (Å²) in [6.07, 6.45) is 4.15. The second kappa shape index (κ2) is 5.73. The lowest BCUT2D eigenvalue weighted by molar-refractivity contribution is -0.139. The number of fused-ring (bicyclic) bond motifs is 3. The van der Waals surface area contributed by atoms with Crippen LogP contribution in [0, 0.1) is 0 Å². The van der Waals surface area contributed by atoms with Crippen LogP contribution in [0.5, 0.6) is 5.75 Å². The van der Waals surface area contributed by atoms with Gasteiger partial charge in [0.1, 0.15) is 18.1 Å². The van der Waals surface area contributed by atoms with E-state index in [1.807, 2.05) is 24.3 Å². The van der Waals surface area contributed by atoms with Crippen molar-refractivity contribution >= 4 is 16.0 Å². The van der Waals surface area contributed by atoms with Crippen molar-refractivity contribution in [2.45, 2.75) is 12.8 Å². The van der Waals surface area contributed by atoms with E-state index in [4.69, 9.17) is 9.47 Å². The second-order valence-electron chi connectivity index (χ2n) is 5.34. The van der Waals surface area contributed by atoms with Crippen LogP contribution in [0.4, 0.5) is 0 Å². The lowest BCUT2D eigenvalue weighted by Crippen LogP contribution is -2.34. The maximum absolute atomic E-state index is 12.2. The molecule has 0 radical (unpaired) electrons. The highest BCUT2D eigenvalue weighted by Crippen LogP contribution is 2.41. The van der Waals surface area contributed by atoms with E-state index < -0.39 is 16.0 Å². The van der Waals surface area contributed by atoms with E-state index in [2.05, 4.69) is 0 Å². The van der Waals surface area contributed by atoms with Crippen molar-refractivity contribution in [3.8, 4) is 5.75 Å². The van der Waals surface area contributed by atoms with Gasteiger partial charge < -0.3 is 9.47 Å². The molecule has 0 aliphatic carbocycles. The van der Waals surface area contributed by atoms with Gasteiger partial charge in [-0.25, -0.2) is 17.5 Å². The van der Waals surface area contributed by atoms with E-state index >= 15 is 0 Å². The number of sulfonamides is 1. The Hall–Kier alpha value is -2.28. The molecule has 1 aromatic rings. The number of benzene rings is 1. The van der Waals surface area contributed by atoms with Crippen molar-refractivity contribution in [2.75, 3.05) is 19.5 Å². The van der Waals surface area contributed by atoms with Crippen LogP contribution in [0.25, 0.3) is 0 Å². The number of allylic oxidation sites excluding steroid dienone is 1. The molecule has 2 aliphatic rings. The highest BCUT2D eigenvalue weighted by molar-refractivity contribution is 7.88. The van der Waals surface area contributed by atoms with Gasteiger partial charge in [0.2, 0.25) is 10.0 Å². The van der Waals surface area contributed by atoms with Crippen molar-refractivity contribution in [3.05, 3.63) is 53.4 Å². The van der Waals surface area contributed by atoms with Crippen LogP contribution in [0.2, 0.25) is 0 Å². The Morgan fingerprint density at radius 3 is 2.83 bits per heavy atom. The molecule has 3 rings (SSSR count). The molecule has 0 amide bonds. The molecule has 6 nitrogen and oxygen atoms in total. The van der Waals surface area contributed by atoms with Crippen LogP contribution in [0.3, 0.4) is 0 Å². The van der Waals surface area contributed by atoms with Crippen molar-refractivity contribution in [3.63, 3.8) is 0 Å². The maximum Gasteiger partial charge on any atom is 0.355 e. The molecule has 0 N–H and O–H groups in total. The first-order valence-electron chi connectivity index (χ1n) is 7.22. The number of carbonyl (C=O) groups is 1. The SMILES string of the molecule is CCOC(=O)C1=C[C@@H]2C(=CN1S(C)(=O)=O)COc1ccccc12. The minimum absolute atomic E-state index is 0.0137. The van der Waals surface area contributed by atoms with E-state index in [9.17, 15) is 13.2 Å². The van der Waals surface area contributed by atoms with Crippen LogP contribution in [-0.2, 0) is 19.6 Å². The van der Waals surface area contributed by atoms with Gasteiger partial charge >= 0.3 is 5.97 Å². The standard InChI is InChI=1S/C16H17NO5S/c1-3-21-16(18)14-8-13-11(9-17(14)23(2,19)20)10-22-15-7-5-4-6-12(13)15/h4-9,13H,3,10H2,1-2H3/t13-/m1/s1. The maximum atomic E-state index is 12.2. The van der Waals surface area contributed by atoms with Crippen molar-refractivity contribution < 1.29 is 22.7 Å².